The Balaban J connectivity index is 2.29. The van der Waals surface area contributed by atoms with E-state index in [9.17, 15) is 14.4 Å². The SMILES string of the molecule is Cc1cc(=O)oc2c(C(=O)c3ccccc3)c(SC(=O)N(C)C)ccc12. The molecule has 0 spiro atoms. The molecule has 0 N–H and O–H groups in total. The number of hydrogen-bond donors (Lipinski definition) is 0. The maximum absolute atomic E-state index is 13.2. The highest BCUT2D eigenvalue weighted by molar-refractivity contribution is 8.13. The van der Waals surface area contributed by atoms with Crippen molar-refractivity contribution in [3.63, 3.8) is 0 Å². The number of carbonyl (C=O) groups excluding carboxylic acids is 2. The molecule has 5 nitrogen and oxygen atoms in total. The Kier molecular flexibility index (Phi) is 4.95. The van der Waals surface area contributed by atoms with Gasteiger partial charge in [0, 0.05) is 36.0 Å². The van der Waals surface area contributed by atoms with Gasteiger partial charge in [0.25, 0.3) is 5.24 Å². The van der Waals surface area contributed by atoms with Crippen LogP contribution in [0.15, 0.2) is 62.6 Å². The molecule has 0 saturated carbocycles. The Morgan fingerprint density at radius 2 is 1.73 bits per heavy atom. The summed E-state index contributed by atoms with van der Waals surface area (Å²) < 4.78 is 5.38. The highest BCUT2D eigenvalue weighted by atomic mass is 32.2. The molecule has 0 aliphatic carbocycles. The van der Waals surface area contributed by atoms with Crippen molar-refractivity contribution in [2.75, 3.05) is 14.1 Å². The second kappa shape index (κ2) is 7.17. The van der Waals surface area contributed by atoms with Crippen molar-refractivity contribution in [2.24, 2.45) is 0 Å². The molecular formula is C20H17NO4S. The monoisotopic (exact) mass is 367 g/mol. The highest BCUT2D eigenvalue weighted by Gasteiger charge is 2.23. The van der Waals surface area contributed by atoms with E-state index in [0.29, 0.717) is 21.4 Å². The largest absolute Gasteiger partial charge is 0.422 e. The number of thioether (sulfide) groups is 1. The number of nitrogens with zero attached hydrogens (tertiary/aromatic N) is 1. The first-order valence-electron chi connectivity index (χ1n) is 7.95. The van der Waals surface area contributed by atoms with Gasteiger partial charge in [-0.3, -0.25) is 9.59 Å². The fourth-order valence-electron chi connectivity index (χ4n) is 2.59. The number of amides is 1. The molecule has 0 aliphatic heterocycles. The van der Waals surface area contributed by atoms with Crippen LogP contribution in [0.2, 0.25) is 0 Å². The predicted octanol–water partition coefficient (Wildman–Crippen LogP) is 4.11. The van der Waals surface area contributed by atoms with Crippen molar-refractivity contribution in [2.45, 2.75) is 11.8 Å². The number of rotatable bonds is 3. The van der Waals surface area contributed by atoms with Crippen LogP contribution in [-0.2, 0) is 0 Å². The smallest absolute Gasteiger partial charge is 0.336 e. The van der Waals surface area contributed by atoms with E-state index in [4.69, 9.17) is 4.42 Å². The summed E-state index contributed by atoms with van der Waals surface area (Å²) in [7, 11) is 3.28. The summed E-state index contributed by atoms with van der Waals surface area (Å²) in [6.07, 6.45) is 0. The Morgan fingerprint density at radius 1 is 1.04 bits per heavy atom. The summed E-state index contributed by atoms with van der Waals surface area (Å²) in [5, 5.41) is 0.451. The lowest BCUT2D eigenvalue weighted by Crippen LogP contribution is -2.17. The van der Waals surface area contributed by atoms with Gasteiger partial charge in [0.05, 0.1) is 5.56 Å². The Bertz CT molecular complexity index is 1050. The van der Waals surface area contributed by atoms with Crippen molar-refractivity contribution in [1.29, 1.82) is 0 Å². The van der Waals surface area contributed by atoms with Crippen LogP contribution >= 0.6 is 11.8 Å². The molecule has 3 rings (SSSR count). The van der Waals surface area contributed by atoms with E-state index in [1.54, 1.807) is 57.4 Å². The summed E-state index contributed by atoms with van der Waals surface area (Å²) in [5.41, 5.74) is 1.09. The first-order chi connectivity index (χ1) is 12.4. The van der Waals surface area contributed by atoms with Gasteiger partial charge in [-0.2, -0.15) is 0 Å². The molecule has 2 aromatic carbocycles. The summed E-state index contributed by atoms with van der Waals surface area (Å²) in [5.74, 6) is -0.293. The van der Waals surface area contributed by atoms with Gasteiger partial charge in [0.1, 0.15) is 0 Å². The van der Waals surface area contributed by atoms with E-state index < -0.39 is 5.63 Å². The van der Waals surface area contributed by atoms with Crippen molar-refractivity contribution >= 4 is 33.8 Å². The summed E-state index contributed by atoms with van der Waals surface area (Å²) >= 11 is 0.932. The minimum absolute atomic E-state index is 0.209. The van der Waals surface area contributed by atoms with E-state index >= 15 is 0 Å². The zero-order chi connectivity index (χ0) is 18.8. The van der Waals surface area contributed by atoms with Gasteiger partial charge in [-0.05, 0) is 36.4 Å². The van der Waals surface area contributed by atoms with Gasteiger partial charge in [0.2, 0.25) is 0 Å². The Morgan fingerprint density at radius 3 is 2.38 bits per heavy atom. The molecule has 6 heteroatoms. The lowest BCUT2D eigenvalue weighted by molar-refractivity contribution is 0.103. The van der Waals surface area contributed by atoms with Gasteiger partial charge in [-0.1, -0.05) is 30.3 Å². The minimum Gasteiger partial charge on any atom is -0.422 e. The third-order valence-electron chi connectivity index (χ3n) is 3.91. The minimum atomic E-state index is -0.529. The maximum atomic E-state index is 13.2. The first-order valence-corrected chi connectivity index (χ1v) is 8.76. The van der Waals surface area contributed by atoms with Gasteiger partial charge in [-0.25, -0.2) is 4.79 Å². The Hall–Kier alpha value is -2.86. The standard InChI is InChI=1S/C20H17NO4S/c1-12-11-16(22)25-19-14(12)9-10-15(26-20(24)21(2)3)17(19)18(23)13-7-5-4-6-8-13/h4-11H,1-3H3. The maximum Gasteiger partial charge on any atom is 0.336 e. The van der Waals surface area contributed by atoms with Crippen LogP contribution in [-0.4, -0.2) is 30.0 Å². The molecule has 1 amide bonds. The zero-order valence-corrected chi connectivity index (χ0v) is 15.4. The average molecular weight is 367 g/mol. The van der Waals surface area contributed by atoms with Gasteiger partial charge in [0.15, 0.2) is 11.4 Å². The van der Waals surface area contributed by atoms with Crippen molar-refractivity contribution in [3.8, 4) is 0 Å². The summed E-state index contributed by atoms with van der Waals surface area (Å²) in [4.78, 5) is 39.1. The molecule has 3 aromatic rings. The molecule has 0 bridgehead atoms. The van der Waals surface area contributed by atoms with Gasteiger partial charge < -0.3 is 9.32 Å². The molecule has 0 saturated heterocycles. The van der Waals surface area contributed by atoms with Crippen molar-refractivity contribution in [1.82, 2.24) is 4.90 Å². The average Bonchev–Trinajstić information content (AvgIpc) is 2.61. The molecule has 1 heterocycles. The fraction of sp³-hybridized carbons (Fsp3) is 0.150. The van der Waals surface area contributed by atoms with E-state index in [1.165, 1.54) is 11.0 Å². The molecule has 26 heavy (non-hydrogen) atoms. The first kappa shape index (κ1) is 17.9. The van der Waals surface area contributed by atoms with Crippen LogP contribution in [0.1, 0.15) is 21.5 Å². The summed E-state index contributed by atoms with van der Waals surface area (Å²) in [6.45, 7) is 1.79. The highest BCUT2D eigenvalue weighted by Crippen LogP contribution is 2.33. The van der Waals surface area contributed by atoms with Crippen molar-refractivity contribution < 1.29 is 14.0 Å². The molecule has 0 radical (unpaired) electrons. The number of aryl methyl sites for hydroxylation is 1. The van der Waals surface area contributed by atoms with Crippen LogP contribution in [0.25, 0.3) is 11.0 Å². The zero-order valence-electron chi connectivity index (χ0n) is 14.6. The molecular weight excluding hydrogens is 350 g/mol. The Labute approximate surface area is 154 Å². The van der Waals surface area contributed by atoms with Crippen molar-refractivity contribution in [3.05, 3.63) is 75.6 Å². The number of ketones is 1. The van der Waals surface area contributed by atoms with Crippen LogP contribution in [0, 0.1) is 6.92 Å². The second-order valence-electron chi connectivity index (χ2n) is 6.02. The van der Waals surface area contributed by atoms with E-state index in [0.717, 1.165) is 11.8 Å². The molecule has 1 aromatic heterocycles. The molecule has 0 atom stereocenters. The van der Waals surface area contributed by atoms with Crippen LogP contribution in [0.3, 0.4) is 0 Å². The normalized spacial score (nSPS) is 10.7. The number of fused-ring (bicyclic) bond motifs is 1. The molecule has 0 aliphatic rings. The molecule has 132 valence electrons. The van der Waals surface area contributed by atoms with E-state index in [-0.39, 0.29) is 22.2 Å². The quantitative estimate of drug-likeness (QED) is 0.396. The number of hydrogen-bond acceptors (Lipinski definition) is 5. The predicted molar refractivity (Wildman–Crippen MR) is 102 cm³/mol. The topological polar surface area (TPSA) is 67.6 Å². The fourth-order valence-corrected chi connectivity index (χ4v) is 3.38. The lowest BCUT2D eigenvalue weighted by Gasteiger charge is -2.14. The van der Waals surface area contributed by atoms with Crippen LogP contribution in [0.4, 0.5) is 4.79 Å². The lowest BCUT2D eigenvalue weighted by atomic mass is 9.99. The number of carbonyl (C=O) groups is 2. The third-order valence-corrected chi connectivity index (χ3v) is 5.01. The molecule has 0 unspecified atom stereocenters. The van der Waals surface area contributed by atoms with E-state index in [1.807, 2.05) is 6.07 Å². The third kappa shape index (κ3) is 3.41. The van der Waals surface area contributed by atoms with E-state index in [2.05, 4.69) is 0 Å². The summed E-state index contributed by atoms with van der Waals surface area (Å²) in [6, 6.07) is 13.6. The van der Waals surface area contributed by atoms with Gasteiger partial charge in [-0.15, -0.1) is 0 Å². The van der Waals surface area contributed by atoms with Crippen LogP contribution < -0.4 is 5.63 Å². The second-order valence-corrected chi connectivity index (χ2v) is 7.01. The number of benzene rings is 2. The van der Waals surface area contributed by atoms with Gasteiger partial charge >= 0.3 is 5.63 Å². The molecule has 0 fully saturated rings. The van der Waals surface area contributed by atoms with Crippen LogP contribution in [0.5, 0.6) is 0 Å².